The molecular weight excluding hydrogens is 520 g/mol. The number of non-ortho nitro benzene ring substituents is 2. The molecule has 0 saturated carbocycles. The van der Waals surface area contributed by atoms with Crippen molar-refractivity contribution in [2.75, 3.05) is 10.6 Å². The van der Waals surface area contributed by atoms with Crippen LogP contribution in [0.15, 0.2) is 84.9 Å². The molecule has 2 N–H and O–H groups in total. The first-order valence-corrected chi connectivity index (χ1v) is 11.6. The molecule has 5 rings (SSSR count). The van der Waals surface area contributed by atoms with E-state index in [-0.39, 0.29) is 56.1 Å². The molecule has 40 heavy (non-hydrogen) atoms. The zero-order chi connectivity index (χ0) is 28.6. The Kier molecular flexibility index (Phi) is 6.41. The fourth-order valence-corrected chi connectivity index (χ4v) is 4.27. The number of rotatable bonds is 6. The van der Waals surface area contributed by atoms with Crippen molar-refractivity contribution >= 4 is 46.1 Å². The van der Waals surface area contributed by atoms with Gasteiger partial charge in [0.1, 0.15) is 0 Å². The van der Waals surface area contributed by atoms with Crippen LogP contribution in [0.5, 0.6) is 0 Å². The molecule has 0 aliphatic heterocycles. The van der Waals surface area contributed by atoms with Crippen LogP contribution in [0.4, 0.5) is 22.7 Å². The highest BCUT2D eigenvalue weighted by Crippen LogP contribution is 2.37. The third kappa shape index (κ3) is 4.56. The minimum atomic E-state index is -0.756. The third-order valence-corrected chi connectivity index (χ3v) is 6.26. The molecular formula is C28H16N4O8. The van der Waals surface area contributed by atoms with Gasteiger partial charge in [-0.2, -0.15) is 0 Å². The second-order valence-corrected chi connectivity index (χ2v) is 8.63. The lowest BCUT2D eigenvalue weighted by Crippen LogP contribution is -2.25. The summed E-state index contributed by atoms with van der Waals surface area (Å²) in [6.07, 6.45) is 0. The maximum absolute atomic E-state index is 13.6. The smallest absolute Gasteiger partial charge is 0.269 e. The van der Waals surface area contributed by atoms with E-state index in [0.717, 1.165) is 24.3 Å². The molecule has 12 heteroatoms. The molecule has 0 bridgehead atoms. The Labute approximate surface area is 224 Å². The normalized spacial score (nSPS) is 11.7. The maximum atomic E-state index is 13.6. The fourth-order valence-electron chi connectivity index (χ4n) is 4.27. The lowest BCUT2D eigenvalue weighted by Gasteiger charge is -2.23. The van der Waals surface area contributed by atoms with Crippen LogP contribution in [0.2, 0.25) is 0 Å². The Bertz CT molecular complexity index is 1760. The number of hydrogen-bond acceptors (Lipinski definition) is 8. The van der Waals surface area contributed by atoms with Crippen molar-refractivity contribution in [2.24, 2.45) is 0 Å². The van der Waals surface area contributed by atoms with E-state index < -0.39 is 33.2 Å². The number of nitro groups is 2. The number of carbonyl (C=O) groups is 4. The quantitative estimate of drug-likeness (QED) is 0.230. The van der Waals surface area contributed by atoms with Crippen LogP contribution in [0.1, 0.15) is 52.6 Å². The zero-order valence-electron chi connectivity index (χ0n) is 20.2. The highest BCUT2D eigenvalue weighted by atomic mass is 16.6. The number of nitrogens with one attached hydrogen (secondary N) is 2. The first kappa shape index (κ1) is 25.6. The highest BCUT2D eigenvalue weighted by Gasteiger charge is 2.33. The molecule has 0 atom stereocenters. The second kappa shape index (κ2) is 10.0. The van der Waals surface area contributed by atoms with Gasteiger partial charge in [-0.1, -0.05) is 24.3 Å². The molecule has 196 valence electrons. The van der Waals surface area contributed by atoms with Crippen LogP contribution in [-0.4, -0.2) is 33.2 Å². The summed E-state index contributed by atoms with van der Waals surface area (Å²) in [5.41, 5.74) is -0.362. The molecule has 1 aliphatic rings. The average Bonchev–Trinajstić information content (AvgIpc) is 2.96. The maximum Gasteiger partial charge on any atom is 0.269 e. The number of nitro benzene ring substituents is 2. The van der Waals surface area contributed by atoms with Gasteiger partial charge in [-0.05, 0) is 36.4 Å². The summed E-state index contributed by atoms with van der Waals surface area (Å²) in [4.78, 5) is 73.7. The van der Waals surface area contributed by atoms with Crippen molar-refractivity contribution in [3.8, 4) is 0 Å². The van der Waals surface area contributed by atoms with Crippen LogP contribution in [0.3, 0.4) is 0 Å². The van der Waals surface area contributed by atoms with Gasteiger partial charge in [0.25, 0.3) is 23.2 Å². The van der Waals surface area contributed by atoms with Crippen LogP contribution < -0.4 is 10.6 Å². The third-order valence-electron chi connectivity index (χ3n) is 6.26. The van der Waals surface area contributed by atoms with Gasteiger partial charge in [0.15, 0.2) is 11.6 Å². The molecule has 0 unspecified atom stereocenters. The number of nitrogens with zero attached hydrogens (tertiary/aromatic N) is 2. The average molecular weight is 536 g/mol. The molecule has 12 nitrogen and oxygen atoms in total. The predicted octanol–water partition coefficient (Wildman–Crippen LogP) is 4.78. The molecule has 0 spiro atoms. The number of amides is 2. The van der Waals surface area contributed by atoms with Gasteiger partial charge in [0.05, 0.1) is 26.8 Å². The molecule has 0 aromatic heterocycles. The summed E-state index contributed by atoms with van der Waals surface area (Å²) in [6.45, 7) is 0. The van der Waals surface area contributed by atoms with Crippen molar-refractivity contribution in [3.63, 3.8) is 0 Å². The molecule has 0 fully saturated rings. The molecule has 1 aliphatic carbocycles. The lowest BCUT2D eigenvalue weighted by atomic mass is 9.82. The van der Waals surface area contributed by atoms with Crippen molar-refractivity contribution in [3.05, 3.63) is 139 Å². The van der Waals surface area contributed by atoms with Crippen LogP contribution in [0.25, 0.3) is 0 Å². The van der Waals surface area contributed by atoms with E-state index in [1.165, 1.54) is 48.5 Å². The van der Waals surface area contributed by atoms with Crippen LogP contribution in [-0.2, 0) is 0 Å². The van der Waals surface area contributed by atoms with E-state index in [2.05, 4.69) is 10.6 Å². The van der Waals surface area contributed by atoms with E-state index in [0.29, 0.717) is 0 Å². The molecule has 4 aromatic rings. The van der Waals surface area contributed by atoms with Crippen molar-refractivity contribution in [1.82, 2.24) is 0 Å². The number of hydrogen-bond donors (Lipinski definition) is 2. The van der Waals surface area contributed by atoms with Crippen molar-refractivity contribution in [2.45, 2.75) is 0 Å². The number of fused-ring (bicyclic) bond motifs is 2. The zero-order valence-corrected chi connectivity index (χ0v) is 20.2. The number of benzene rings is 4. The predicted molar refractivity (Wildman–Crippen MR) is 142 cm³/mol. The van der Waals surface area contributed by atoms with E-state index in [4.69, 9.17) is 0 Å². The Hall–Kier alpha value is -6.04. The van der Waals surface area contributed by atoms with Gasteiger partial charge in [-0.15, -0.1) is 0 Å². The van der Waals surface area contributed by atoms with Gasteiger partial charge in [-0.3, -0.25) is 39.4 Å². The molecule has 0 saturated heterocycles. The lowest BCUT2D eigenvalue weighted by molar-refractivity contribution is -0.385. The SMILES string of the molecule is O=C(Nc1ccc2c(c1NC(=O)c1ccc([N+](=O)[O-])cc1)C(=O)c1ccccc1C2=O)c1ccc([N+](=O)[O-])cc1. The Balaban J connectivity index is 1.57. The summed E-state index contributed by atoms with van der Waals surface area (Å²) in [7, 11) is 0. The molecule has 0 radical (unpaired) electrons. The van der Waals surface area contributed by atoms with Crippen LogP contribution in [0, 0.1) is 20.2 Å². The van der Waals surface area contributed by atoms with Crippen molar-refractivity contribution in [1.29, 1.82) is 0 Å². The first-order chi connectivity index (χ1) is 19.2. The summed E-state index contributed by atoms with van der Waals surface area (Å²) in [6, 6.07) is 18.4. The molecule has 0 heterocycles. The Morgan fingerprint density at radius 1 is 0.575 bits per heavy atom. The molecule has 2 amide bonds. The van der Waals surface area contributed by atoms with Gasteiger partial charge in [0.2, 0.25) is 0 Å². The van der Waals surface area contributed by atoms with Crippen LogP contribution >= 0.6 is 0 Å². The van der Waals surface area contributed by atoms with E-state index in [1.54, 1.807) is 12.1 Å². The summed E-state index contributed by atoms with van der Waals surface area (Å²) in [5, 5.41) is 27.1. The van der Waals surface area contributed by atoms with Gasteiger partial charge < -0.3 is 10.6 Å². The van der Waals surface area contributed by atoms with Gasteiger partial charge >= 0.3 is 0 Å². The number of ketones is 2. The fraction of sp³-hybridized carbons (Fsp3) is 0. The van der Waals surface area contributed by atoms with E-state index in [9.17, 15) is 39.4 Å². The van der Waals surface area contributed by atoms with Crippen molar-refractivity contribution < 1.29 is 29.0 Å². The topological polar surface area (TPSA) is 179 Å². The monoisotopic (exact) mass is 536 g/mol. The summed E-state index contributed by atoms with van der Waals surface area (Å²) in [5.74, 6) is -2.47. The second-order valence-electron chi connectivity index (χ2n) is 8.63. The van der Waals surface area contributed by atoms with Gasteiger partial charge in [0, 0.05) is 52.1 Å². The number of anilines is 2. The summed E-state index contributed by atoms with van der Waals surface area (Å²) < 4.78 is 0. The minimum absolute atomic E-state index is 0.0102. The largest absolute Gasteiger partial charge is 0.320 e. The van der Waals surface area contributed by atoms with Gasteiger partial charge in [-0.25, -0.2) is 0 Å². The summed E-state index contributed by atoms with van der Waals surface area (Å²) >= 11 is 0. The Morgan fingerprint density at radius 2 is 1.05 bits per heavy atom. The minimum Gasteiger partial charge on any atom is -0.320 e. The number of carbonyl (C=O) groups excluding carboxylic acids is 4. The first-order valence-electron chi connectivity index (χ1n) is 11.6. The van der Waals surface area contributed by atoms with E-state index in [1.807, 2.05) is 0 Å². The standard InChI is InChI=1S/C28H16N4O8/c33-25-19-3-1-2-4-20(19)26(34)23-21(25)13-14-22(29-27(35)15-5-9-17(10-6-15)31(37)38)24(23)30-28(36)16-7-11-18(12-8-16)32(39)40/h1-14H,(H,29,35)(H,30,36). The highest BCUT2D eigenvalue weighted by molar-refractivity contribution is 6.32. The molecule has 4 aromatic carbocycles. The van der Waals surface area contributed by atoms with E-state index >= 15 is 0 Å². The Morgan fingerprint density at radius 3 is 1.55 bits per heavy atom.